The largest absolute Gasteiger partial charge is 0.393 e. The highest BCUT2D eigenvalue weighted by Crippen LogP contribution is 2.67. The van der Waals surface area contributed by atoms with Gasteiger partial charge >= 0.3 is 0 Å². The van der Waals surface area contributed by atoms with Crippen LogP contribution in [0, 0.1) is 46.3 Å². The minimum atomic E-state index is -1.20. The van der Waals surface area contributed by atoms with Crippen molar-refractivity contribution < 1.29 is 15.3 Å². The zero-order valence-electron chi connectivity index (χ0n) is 21.3. The lowest BCUT2D eigenvalue weighted by atomic mass is 9.45. The molecule has 0 spiro atoms. The zero-order chi connectivity index (χ0) is 23.5. The van der Waals surface area contributed by atoms with E-state index in [2.05, 4.69) is 53.7 Å². The van der Waals surface area contributed by atoms with Crippen LogP contribution in [-0.2, 0) is 0 Å². The Balaban J connectivity index is 1.60. The summed E-state index contributed by atoms with van der Waals surface area (Å²) in [5.41, 5.74) is 0.159. The molecule has 0 heterocycles. The molecule has 3 fully saturated rings. The van der Waals surface area contributed by atoms with E-state index in [1.54, 1.807) is 0 Å². The Morgan fingerprint density at radius 2 is 1.72 bits per heavy atom. The highest BCUT2D eigenvalue weighted by molar-refractivity contribution is 5.33. The third-order valence-corrected chi connectivity index (χ3v) is 11.0. The molecule has 0 aromatic rings. The van der Waals surface area contributed by atoms with Crippen LogP contribution in [0.25, 0.3) is 0 Å². The lowest BCUT2D eigenvalue weighted by Crippen LogP contribution is -2.65. The van der Waals surface area contributed by atoms with Gasteiger partial charge in [0.15, 0.2) is 0 Å². The summed E-state index contributed by atoms with van der Waals surface area (Å²) in [6.07, 6.45) is 13.4. The normalized spacial score (nSPS) is 48.2. The summed E-state index contributed by atoms with van der Waals surface area (Å²) in [4.78, 5) is 0. The van der Waals surface area contributed by atoms with E-state index in [0.717, 1.165) is 19.3 Å². The number of hydrogen-bond acceptors (Lipinski definition) is 3. The van der Waals surface area contributed by atoms with E-state index in [9.17, 15) is 15.3 Å². The molecule has 3 nitrogen and oxygen atoms in total. The summed E-state index contributed by atoms with van der Waals surface area (Å²) in [6.45, 7) is 14.1. The van der Waals surface area contributed by atoms with Gasteiger partial charge in [-0.05, 0) is 85.9 Å². The molecular weight excluding hydrogens is 396 g/mol. The second-order valence-electron chi connectivity index (χ2n) is 12.7. The third kappa shape index (κ3) is 3.57. The first kappa shape index (κ1) is 24.5. The summed E-state index contributed by atoms with van der Waals surface area (Å²) in [6, 6.07) is 0. The number of aliphatic hydroxyl groups excluding tert-OH is 2. The molecule has 4 rings (SSSR count). The molecule has 3 N–H and O–H groups in total. The van der Waals surface area contributed by atoms with Crippen LogP contribution in [0.1, 0.15) is 92.9 Å². The van der Waals surface area contributed by atoms with Crippen molar-refractivity contribution in [2.75, 3.05) is 0 Å². The maximum absolute atomic E-state index is 11.6. The van der Waals surface area contributed by atoms with Gasteiger partial charge in [0.25, 0.3) is 0 Å². The van der Waals surface area contributed by atoms with Crippen LogP contribution in [0.5, 0.6) is 0 Å². The molecule has 0 amide bonds. The van der Waals surface area contributed by atoms with Crippen molar-refractivity contribution in [3.63, 3.8) is 0 Å². The molecule has 3 heteroatoms. The van der Waals surface area contributed by atoms with Crippen molar-refractivity contribution in [1.29, 1.82) is 0 Å². The van der Waals surface area contributed by atoms with Gasteiger partial charge < -0.3 is 15.3 Å². The molecule has 0 aromatic heterocycles. The molecular formula is C29H48O3. The van der Waals surface area contributed by atoms with Gasteiger partial charge in [-0.15, -0.1) is 0 Å². The van der Waals surface area contributed by atoms with E-state index in [1.165, 1.54) is 31.3 Å². The molecule has 4 aliphatic carbocycles. The molecule has 0 aromatic carbocycles. The molecule has 182 valence electrons. The maximum atomic E-state index is 11.6. The Morgan fingerprint density at radius 3 is 2.38 bits per heavy atom. The van der Waals surface area contributed by atoms with Gasteiger partial charge in [0.2, 0.25) is 0 Å². The fourth-order valence-electron chi connectivity index (χ4n) is 8.73. The van der Waals surface area contributed by atoms with Crippen LogP contribution in [0.2, 0.25) is 0 Å². The van der Waals surface area contributed by atoms with E-state index >= 15 is 0 Å². The fourth-order valence-corrected chi connectivity index (χ4v) is 8.73. The minimum absolute atomic E-state index is 0.269. The van der Waals surface area contributed by atoms with Crippen LogP contribution >= 0.6 is 0 Å². The van der Waals surface area contributed by atoms with Crippen molar-refractivity contribution in [1.82, 2.24) is 0 Å². The van der Waals surface area contributed by atoms with E-state index in [0.29, 0.717) is 41.9 Å². The molecule has 10 atom stereocenters. The molecule has 0 bridgehead atoms. The average molecular weight is 445 g/mol. The highest BCUT2D eigenvalue weighted by atomic mass is 16.3. The van der Waals surface area contributed by atoms with Crippen molar-refractivity contribution in [3.05, 3.63) is 23.8 Å². The number of rotatable bonds is 5. The minimum Gasteiger partial charge on any atom is -0.393 e. The summed E-state index contributed by atoms with van der Waals surface area (Å²) in [5, 5.41) is 33.0. The smallest absolute Gasteiger partial charge is 0.102 e. The molecule has 32 heavy (non-hydrogen) atoms. The standard InChI is InChI=1S/C29H48O3/c1-7-20(18(2)3)9-8-19(4)23-10-11-24-22-16-26(31)29(32)17-21(30)12-15-28(29,6)25(22)13-14-27(23,24)5/h8-9,16,18-21,23-26,30-32H,7,10-15,17H2,1-6H3/b9-8+/t19-,20?,21+,23-,24+,25+,26-,27-,28-,29+/m1/s1. The first-order chi connectivity index (χ1) is 15.0. The fraction of sp³-hybridized carbons (Fsp3) is 0.862. The number of fused-ring (bicyclic) bond motifs is 5. The van der Waals surface area contributed by atoms with Crippen LogP contribution in [-0.4, -0.2) is 33.1 Å². The van der Waals surface area contributed by atoms with Gasteiger partial charge in [0.05, 0.1) is 6.10 Å². The highest BCUT2D eigenvalue weighted by Gasteiger charge is 2.64. The Kier molecular flexibility index (Phi) is 6.53. The van der Waals surface area contributed by atoms with E-state index in [4.69, 9.17) is 0 Å². The Bertz CT molecular complexity index is 756. The van der Waals surface area contributed by atoms with Gasteiger partial charge in [-0.1, -0.05) is 65.3 Å². The molecule has 3 saturated carbocycles. The third-order valence-electron chi connectivity index (χ3n) is 11.0. The summed E-state index contributed by atoms with van der Waals surface area (Å²) in [7, 11) is 0. The van der Waals surface area contributed by atoms with Gasteiger partial charge in [-0.25, -0.2) is 0 Å². The number of hydrogen-bond donors (Lipinski definition) is 3. The first-order valence-corrected chi connectivity index (χ1v) is 13.5. The molecule has 0 aliphatic heterocycles. The van der Waals surface area contributed by atoms with Gasteiger partial charge in [-0.2, -0.15) is 0 Å². The van der Waals surface area contributed by atoms with E-state index < -0.39 is 17.8 Å². The Labute approximate surface area is 196 Å². The predicted molar refractivity (Wildman–Crippen MR) is 131 cm³/mol. The second-order valence-corrected chi connectivity index (χ2v) is 12.7. The Hall–Kier alpha value is -0.640. The van der Waals surface area contributed by atoms with Gasteiger partial charge in [-0.3, -0.25) is 0 Å². The SMILES string of the molecule is CCC(/C=C/[C@@H](C)[C@H]1CC[C@H]2C3=C[C@@H](O)[C@@]4(O)C[C@@H](O)CC[C@]4(C)[C@H]3CC[C@]12C)C(C)C. The van der Waals surface area contributed by atoms with Crippen LogP contribution in [0.4, 0.5) is 0 Å². The topological polar surface area (TPSA) is 60.7 Å². The van der Waals surface area contributed by atoms with Crippen molar-refractivity contribution in [2.24, 2.45) is 46.3 Å². The van der Waals surface area contributed by atoms with Crippen LogP contribution in [0.15, 0.2) is 23.8 Å². The summed E-state index contributed by atoms with van der Waals surface area (Å²) >= 11 is 0. The van der Waals surface area contributed by atoms with Crippen LogP contribution < -0.4 is 0 Å². The monoisotopic (exact) mass is 444 g/mol. The van der Waals surface area contributed by atoms with Gasteiger partial charge in [0, 0.05) is 11.8 Å². The van der Waals surface area contributed by atoms with Crippen molar-refractivity contribution in [3.8, 4) is 0 Å². The summed E-state index contributed by atoms with van der Waals surface area (Å²) < 4.78 is 0. The Morgan fingerprint density at radius 1 is 1.00 bits per heavy atom. The lowest BCUT2D eigenvalue weighted by molar-refractivity contribution is -0.210. The van der Waals surface area contributed by atoms with Crippen molar-refractivity contribution >= 4 is 0 Å². The van der Waals surface area contributed by atoms with E-state index in [1.807, 2.05) is 6.08 Å². The maximum Gasteiger partial charge on any atom is 0.102 e. The second kappa shape index (κ2) is 8.54. The number of allylic oxidation sites excluding steroid dienone is 3. The quantitative estimate of drug-likeness (QED) is 0.464. The number of aliphatic hydroxyl groups is 3. The van der Waals surface area contributed by atoms with Gasteiger partial charge in [0.1, 0.15) is 11.7 Å². The molecule has 1 unspecified atom stereocenters. The van der Waals surface area contributed by atoms with Crippen molar-refractivity contribution in [2.45, 2.75) is 111 Å². The lowest BCUT2D eigenvalue weighted by Gasteiger charge is -2.62. The molecule has 0 saturated heterocycles. The zero-order valence-corrected chi connectivity index (χ0v) is 21.3. The average Bonchev–Trinajstić information content (AvgIpc) is 3.08. The molecule has 4 aliphatic rings. The van der Waals surface area contributed by atoms with E-state index in [-0.39, 0.29) is 10.8 Å². The summed E-state index contributed by atoms with van der Waals surface area (Å²) in [5.74, 6) is 3.44. The van der Waals surface area contributed by atoms with Crippen LogP contribution in [0.3, 0.4) is 0 Å². The first-order valence-electron chi connectivity index (χ1n) is 13.5. The molecule has 0 radical (unpaired) electrons. The predicted octanol–water partition coefficient (Wildman–Crippen LogP) is 5.89.